The van der Waals surface area contributed by atoms with Crippen molar-refractivity contribution in [2.45, 2.75) is 32.2 Å². The molecule has 0 fully saturated rings. The average molecular weight is 374 g/mol. The van der Waals surface area contributed by atoms with Crippen LogP contribution in [-0.4, -0.2) is 27.2 Å². The van der Waals surface area contributed by atoms with Gasteiger partial charge in [0.05, 0.1) is 18.3 Å². The van der Waals surface area contributed by atoms with Gasteiger partial charge in [-0.25, -0.2) is 13.4 Å². The first kappa shape index (κ1) is 20.0. The summed E-state index contributed by atoms with van der Waals surface area (Å²) in [5.74, 6) is 0.819. The fraction of sp³-hybridized carbons (Fsp3) is 0.350. The van der Waals surface area contributed by atoms with E-state index in [1.54, 1.807) is 0 Å². The molecule has 0 aliphatic carbocycles. The highest BCUT2D eigenvalue weighted by Crippen LogP contribution is 2.12. The molecule has 0 aliphatic rings. The number of aliphatic imine (C=N–C) groups is 1. The maximum absolute atomic E-state index is 11.4. The zero-order valence-electron chi connectivity index (χ0n) is 15.6. The summed E-state index contributed by atoms with van der Waals surface area (Å²) < 4.78 is 22.7. The van der Waals surface area contributed by atoms with E-state index in [2.05, 4.69) is 34.7 Å². The summed E-state index contributed by atoms with van der Waals surface area (Å²) in [7, 11) is -3.01. The van der Waals surface area contributed by atoms with Crippen LogP contribution < -0.4 is 10.6 Å². The minimum absolute atomic E-state index is 0.0648. The summed E-state index contributed by atoms with van der Waals surface area (Å²) in [6.45, 7) is 5.43. The Hall–Kier alpha value is -2.34. The first-order chi connectivity index (χ1) is 12.4. The van der Waals surface area contributed by atoms with Crippen LogP contribution in [0.3, 0.4) is 0 Å². The third-order valence-electron chi connectivity index (χ3n) is 3.87. The van der Waals surface area contributed by atoms with E-state index in [0.717, 1.165) is 23.6 Å². The molecule has 2 N–H and O–H groups in total. The van der Waals surface area contributed by atoms with Crippen LogP contribution in [0.5, 0.6) is 0 Å². The van der Waals surface area contributed by atoms with Crippen molar-refractivity contribution in [2.24, 2.45) is 4.99 Å². The van der Waals surface area contributed by atoms with Crippen LogP contribution in [0, 0.1) is 0 Å². The largest absolute Gasteiger partial charge is 0.357 e. The smallest absolute Gasteiger partial charge is 0.192 e. The number of rotatable bonds is 7. The molecule has 1 unspecified atom stereocenters. The molecule has 5 nitrogen and oxygen atoms in total. The number of hydrogen-bond donors (Lipinski definition) is 2. The molecule has 6 heteroatoms. The summed E-state index contributed by atoms with van der Waals surface area (Å²) in [4.78, 5) is 4.63. The van der Waals surface area contributed by atoms with Gasteiger partial charge in [-0.2, -0.15) is 0 Å². The topological polar surface area (TPSA) is 70.6 Å². The second kappa shape index (κ2) is 9.38. The molecule has 0 aromatic heterocycles. The predicted molar refractivity (Wildman–Crippen MR) is 108 cm³/mol. The molecular weight excluding hydrogens is 346 g/mol. The molecule has 2 rings (SSSR count). The Kier molecular flexibility index (Phi) is 7.21. The zero-order valence-corrected chi connectivity index (χ0v) is 16.4. The molecule has 1 atom stereocenters. The van der Waals surface area contributed by atoms with Crippen LogP contribution in [0.25, 0.3) is 0 Å². The van der Waals surface area contributed by atoms with E-state index in [9.17, 15) is 8.42 Å². The Morgan fingerprint density at radius 1 is 1.04 bits per heavy atom. The quantitative estimate of drug-likeness (QED) is 0.578. The molecule has 26 heavy (non-hydrogen) atoms. The van der Waals surface area contributed by atoms with Gasteiger partial charge in [0.15, 0.2) is 15.8 Å². The zero-order chi connectivity index (χ0) is 19.0. The minimum atomic E-state index is -3.01. The van der Waals surface area contributed by atoms with E-state index in [4.69, 9.17) is 0 Å². The Morgan fingerprint density at radius 3 is 2.23 bits per heavy atom. The Bertz CT molecular complexity index is 816. The Labute approximate surface area is 156 Å². The minimum Gasteiger partial charge on any atom is -0.357 e. The van der Waals surface area contributed by atoms with Gasteiger partial charge in [-0.15, -0.1) is 0 Å². The second-order valence-corrected chi connectivity index (χ2v) is 8.50. The highest BCUT2D eigenvalue weighted by Gasteiger charge is 2.07. The van der Waals surface area contributed by atoms with Gasteiger partial charge in [0.2, 0.25) is 0 Å². The SMILES string of the molecule is CCNC(=NCc1ccc(CS(C)(=O)=O)cc1)NC(C)c1ccccc1. The van der Waals surface area contributed by atoms with Crippen LogP contribution >= 0.6 is 0 Å². The van der Waals surface area contributed by atoms with E-state index in [-0.39, 0.29) is 11.8 Å². The average Bonchev–Trinajstić information content (AvgIpc) is 2.60. The number of benzene rings is 2. The molecular formula is C20H27N3O2S. The molecule has 0 bridgehead atoms. The molecule has 0 saturated heterocycles. The van der Waals surface area contributed by atoms with E-state index in [1.165, 1.54) is 11.8 Å². The van der Waals surface area contributed by atoms with Crippen LogP contribution in [0.15, 0.2) is 59.6 Å². The van der Waals surface area contributed by atoms with E-state index in [0.29, 0.717) is 6.54 Å². The van der Waals surface area contributed by atoms with E-state index in [1.807, 2.05) is 49.4 Å². The lowest BCUT2D eigenvalue weighted by Crippen LogP contribution is -2.38. The van der Waals surface area contributed by atoms with Crippen LogP contribution in [0.4, 0.5) is 0 Å². The summed E-state index contributed by atoms with van der Waals surface area (Å²) >= 11 is 0. The lowest BCUT2D eigenvalue weighted by molar-refractivity contribution is 0.601. The molecule has 0 radical (unpaired) electrons. The number of hydrogen-bond acceptors (Lipinski definition) is 3. The van der Waals surface area contributed by atoms with Crippen molar-refractivity contribution < 1.29 is 8.42 Å². The third-order valence-corrected chi connectivity index (χ3v) is 4.73. The molecule has 0 saturated carbocycles. The maximum Gasteiger partial charge on any atom is 0.192 e. The van der Waals surface area contributed by atoms with Crippen molar-refractivity contribution in [1.29, 1.82) is 0 Å². The summed E-state index contributed by atoms with van der Waals surface area (Å²) in [6.07, 6.45) is 1.24. The molecule has 0 spiro atoms. The van der Waals surface area contributed by atoms with Crippen molar-refractivity contribution in [1.82, 2.24) is 10.6 Å². The van der Waals surface area contributed by atoms with E-state index >= 15 is 0 Å². The van der Waals surface area contributed by atoms with Crippen molar-refractivity contribution in [3.63, 3.8) is 0 Å². The lowest BCUT2D eigenvalue weighted by atomic mass is 10.1. The van der Waals surface area contributed by atoms with Gasteiger partial charge in [0, 0.05) is 12.8 Å². The van der Waals surface area contributed by atoms with Gasteiger partial charge >= 0.3 is 0 Å². The van der Waals surface area contributed by atoms with Gasteiger partial charge in [-0.05, 0) is 30.5 Å². The lowest BCUT2D eigenvalue weighted by Gasteiger charge is -2.18. The third kappa shape index (κ3) is 6.88. The fourth-order valence-corrected chi connectivity index (χ4v) is 3.36. The number of nitrogens with zero attached hydrogens (tertiary/aromatic N) is 1. The van der Waals surface area contributed by atoms with Crippen LogP contribution in [-0.2, 0) is 22.1 Å². The van der Waals surface area contributed by atoms with Crippen molar-refractivity contribution in [3.8, 4) is 0 Å². The van der Waals surface area contributed by atoms with Crippen LogP contribution in [0.1, 0.15) is 36.6 Å². The fourth-order valence-electron chi connectivity index (χ4n) is 2.56. The summed E-state index contributed by atoms with van der Waals surface area (Å²) in [5, 5.41) is 6.66. The maximum atomic E-state index is 11.4. The molecule has 0 amide bonds. The van der Waals surface area contributed by atoms with Crippen molar-refractivity contribution in [3.05, 3.63) is 71.3 Å². The van der Waals surface area contributed by atoms with Crippen molar-refractivity contribution >= 4 is 15.8 Å². The van der Waals surface area contributed by atoms with Gasteiger partial charge in [0.25, 0.3) is 0 Å². The standard InChI is InChI=1S/C20H27N3O2S/c1-4-21-20(23-16(2)19-8-6-5-7-9-19)22-14-17-10-12-18(13-11-17)15-26(3,24)25/h5-13,16H,4,14-15H2,1-3H3,(H2,21,22,23). The van der Waals surface area contributed by atoms with Gasteiger partial charge in [0.1, 0.15) is 0 Å². The van der Waals surface area contributed by atoms with E-state index < -0.39 is 9.84 Å². The first-order valence-corrected chi connectivity index (χ1v) is 10.8. The van der Waals surface area contributed by atoms with Gasteiger partial charge in [-0.3, -0.25) is 0 Å². The molecule has 2 aromatic carbocycles. The summed E-state index contributed by atoms with van der Waals surface area (Å²) in [5.41, 5.74) is 3.03. The molecule has 0 heterocycles. The number of guanidine groups is 1. The first-order valence-electron chi connectivity index (χ1n) is 8.72. The van der Waals surface area contributed by atoms with Crippen molar-refractivity contribution in [2.75, 3.05) is 12.8 Å². The Morgan fingerprint density at radius 2 is 1.65 bits per heavy atom. The molecule has 2 aromatic rings. The Balaban J connectivity index is 2.02. The highest BCUT2D eigenvalue weighted by atomic mass is 32.2. The van der Waals surface area contributed by atoms with Gasteiger partial charge < -0.3 is 10.6 Å². The number of nitrogens with one attached hydrogen (secondary N) is 2. The van der Waals surface area contributed by atoms with Gasteiger partial charge in [-0.1, -0.05) is 54.6 Å². The van der Waals surface area contributed by atoms with Crippen LogP contribution in [0.2, 0.25) is 0 Å². The molecule has 0 aliphatic heterocycles. The monoisotopic (exact) mass is 373 g/mol. The normalized spacial score (nSPS) is 13.3. The highest BCUT2D eigenvalue weighted by molar-refractivity contribution is 7.89. The number of sulfone groups is 1. The second-order valence-electron chi connectivity index (χ2n) is 6.36. The predicted octanol–water partition coefficient (Wildman–Crippen LogP) is 3.05. The summed E-state index contributed by atoms with van der Waals surface area (Å²) in [6, 6.07) is 17.9. The molecule has 140 valence electrons.